The fourth-order valence-corrected chi connectivity index (χ4v) is 14.0. The van der Waals surface area contributed by atoms with E-state index in [4.69, 9.17) is 61.8 Å². The van der Waals surface area contributed by atoms with Gasteiger partial charge in [0.1, 0.15) is 59.3 Å². The molecule has 40 heteroatoms. The Balaban J connectivity index is 0.612. The summed E-state index contributed by atoms with van der Waals surface area (Å²) in [6, 6.07) is 11.7. The molecule has 4 aromatic heterocycles. The van der Waals surface area contributed by atoms with Crippen LogP contribution in [-0.2, 0) is 134 Å². The maximum atomic E-state index is 14.7. The van der Waals surface area contributed by atoms with Crippen LogP contribution in [0.5, 0.6) is 11.5 Å². The first-order chi connectivity index (χ1) is 56.5. The predicted molar refractivity (Wildman–Crippen MR) is 419 cm³/mol. The number of aryl methyl sites for hydroxylation is 2. The molecule has 11 N–H and O–H groups in total. The van der Waals surface area contributed by atoms with Gasteiger partial charge >= 0.3 is 17.9 Å². The number of cyclic esters (lactones) is 1. The Hall–Kier alpha value is -9.76. The standard InChI is InChI=1S/C78H105N11O28S/c1-8-52-54-39-51(90)13-15-58(54)85-67-55(52)43-89-60(67)40-57-56(74(89)98)44-114-77(102)78(57,9-2)117-76(101)53-14-12-49(38-62(53)115-65-41-61(91)68(94)69(116-65)75(99)100)83-71(95)47(5)82-73(97)66(46(3)4)86-64(93)17-21-106-23-25-108-27-29-110-31-33-112-35-36-113-34-32-111-30-28-109-26-24-107-22-19-81-72(96)59(45-118(103,104)105)84-63(92)16-20-88-50(42-87(7)79-6)37-48-11-10-18-80-70(48)88/h10-15,18,37-40,46-47,59,61,65-66,68-69,79,90-91,94H,8-9,16-17,19-36,41-45H2,1-7H3,(H,81,96)(H,82,97)(H,83,95)(H,84,92)(H,86,93)(H,99,100)(H,103,104,105)/t47-,59-,61+,65+,66-,68-,69-,78-/m0/s1. The normalized spacial score (nSPS) is 17.8. The van der Waals surface area contributed by atoms with Crippen molar-refractivity contribution in [1.82, 2.24) is 50.8 Å². The Morgan fingerprint density at radius 3 is 1.97 bits per heavy atom. The number of aromatic nitrogens is 4. The van der Waals surface area contributed by atoms with Crippen molar-refractivity contribution in [1.29, 1.82) is 0 Å². The van der Waals surface area contributed by atoms with Gasteiger partial charge in [-0.15, -0.1) is 0 Å². The maximum absolute atomic E-state index is 14.7. The monoisotopic (exact) mass is 1680 g/mol. The van der Waals surface area contributed by atoms with Gasteiger partial charge in [-0.2, -0.15) is 8.42 Å². The third-order valence-electron chi connectivity index (χ3n) is 19.5. The number of phenols is 1. The number of hydrogen-bond acceptors (Lipinski definition) is 30. The van der Waals surface area contributed by atoms with Crippen molar-refractivity contribution in [2.24, 2.45) is 5.92 Å². The molecule has 0 radical (unpaired) electrons. The highest BCUT2D eigenvalue weighted by Gasteiger charge is 2.51. The second kappa shape index (κ2) is 44.3. The van der Waals surface area contributed by atoms with E-state index < -0.39 is 147 Å². The first kappa shape index (κ1) is 92.1. The van der Waals surface area contributed by atoms with E-state index in [0.29, 0.717) is 93.8 Å². The van der Waals surface area contributed by atoms with E-state index in [1.807, 2.05) is 35.7 Å². The van der Waals surface area contributed by atoms with Crippen LogP contribution in [0.25, 0.3) is 33.3 Å². The Kier molecular flexibility index (Phi) is 34.6. The van der Waals surface area contributed by atoms with Gasteiger partial charge < -0.3 is 113 Å². The number of amides is 5. The number of anilines is 1. The van der Waals surface area contributed by atoms with E-state index in [-0.39, 0.29) is 114 Å². The number of aliphatic hydroxyl groups excluding tert-OH is 2. The lowest BCUT2D eigenvalue weighted by atomic mass is 9.85. The minimum absolute atomic E-state index is 0.00159. The number of aliphatic carboxylic acids is 1. The Morgan fingerprint density at radius 1 is 0.746 bits per heavy atom. The molecule has 0 bridgehead atoms. The number of nitrogens with one attached hydrogen (secondary N) is 6. The zero-order valence-electron chi connectivity index (χ0n) is 66.8. The minimum Gasteiger partial charge on any atom is -0.508 e. The highest BCUT2D eigenvalue weighted by Crippen LogP contribution is 2.44. The smallest absolute Gasteiger partial charge is 0.355 e. The summed E-state index contributed by atoms with van der Waals surface area (Å²) in [7, 11) is -0.999. The van der Waals surface area contributed by atoms with Crippen LogP contribution in [-0.4, -0.2) is 280 Å². The molecule has 0 aliphatic carbocycles. The van der Waals surface area contributed by atoms with Gasteiger partial charge in [0, 0.05) is 84.9 Å². The average molecular weight is 1680 g/mol. The molecule has 1 fully saturated rings. The fourth-order valence-electron chi connectivity index (χ4n) is 13.3. The van der Waals surface area contributed by atoms with E-state index in [1.165, 1.54) is 23.6 Å². The molecule has 7 heterocycles. The lowest BCUT2D eigenvalue weighted by Gasteiger charge is -2.36. The summed E-state index contributed by atoms with van der Waals surface area (Å²) < 4.78 is 104. The third-order valence-corrected chi connectivity index (χ3v) is 20.3. The number of ether oxygens (including phenoxy) is 12. The molecule has 0 spiro atoms. The van der Waals surface area contributed by atoms with Crippen LogP contribution in [0.15, 0.2) is 71.7 Å². The number of carboxylic acid groups (broad SMARTS) is 1. The van der Waals surface area contributed by atoms with Gasteiger partial charge in [-0.1, -0.05) is 27.7 Å². The van der Waals surface area contributed by atoms with Crippen LogP contribution in [0.1, 0.15) is 98.6 Å². The van der Waals surface area contributed by atoms with E-state index in [0.717, 1.165) is 34.3 Å². The molecule has 9 rings (SSSR count). The van der Waals surface area contributed by atoms with Crippen LogP contribution in [0.3, 0.4) is 0 Å². The number of nitrogens with zero attached hydrogens (tertiary/aromatic N) is 5. The summed E-state index contributed by atoms with van der Waals surface area (Å²) in [6.45, 7) is 12.6. The van der Waals surface area contributed by atoms with E-state index >= 15 is 0 Å². The maximum Gasteiger partial charge on any atom is 0.355 e. The third kappa shape index (κ3) is 25.2. The first-order valence-electron chi connectivity index (χ1n) is 38.8. The molecule has 3 aliphatic rings. The SMILES string of the molecule is CCc1c2c(nc3ccc(O)cc13)-c1cc3c(c(=O)n1C2)COC(=O)[C@@]3(CC)OC(=O)c1ccc(NC(=O)[C@H](C)NC(=O)[C@@H](NC(=O)CCOCCOCCOCCOCCOCCOCCOCCOCCNC(=O)[C@H](CS(=O)(=O)O)NC(=O)CCn2c(CN(C)NC)cc3cccnc32)C(C)C)cc1O[C@H]1C[C@@H](O)[C@H](O)[C@@H](C(=O)O)O1. The largest absolute Gasteiger partial charge is 0.508 e. The second-order valence-corrected chi connectivity index (χ2v) is 29.7. The van der Waals surface area contributed by atoms with Crippen LogP contribution < -0.4 is 42.3 Å². The zero-order chi connectivity index (χ0) is 85.2. The van der Waals surface area contributed by atoms with Crippen LogP contribution in [0.4, 0.5) is 5.69 Å². The van der Waals surface area contributed by atoms with Crippen molar-refractivity contribution in [3.63, 3.8) is 0 Å². The summed E-state index contributed by atoms with van der Waals surface area (Å²) in [5.74, 6) is -9.12. The number of rotatable bonds is 50. The molecule has 2 aromatic carbocycles. The number of aromatic hydroxyl groups is 1. The van der Waals surface area contributed by atoms with Gasteiger partial charge in [0.15, 0.2) is 6.10 Å². The number of esters is 2. The van der Waals surface area contributed by atoms with E-state index in [1.54, 1.807) is 58.3 Å². The number of benzene rings is 2. The minimum atomic E-state index is -4.63. The van der Waals surface area contributed by atoms with Crippen molar-refractivity contribution in [2.45, 2.75) is 141 Å². The molecule has 1 saturated heterocycles. The number of hydrazine groups is 1. The number of hydrogen-bond donors (Lipinski definition) is 11. The number of carbonyl (C=O) groups excluding carboxylic acids is 7. The molecule has 646 valence electrons. The first-order valence-corrected chi connectivity index (χ1v) is 40.4. The fraction of sp³-hybridized carbons (Fsp3) is 0.551. The molecule has 0 unspecified atom stereocenters. The Labute approximate surface area is 679 Å². The summed E-state index contributed by atoms with van der Waals surface area (Å²) in [6.07, 6.45) is -5.97. The molecule has 6 aromatic rings. The second-order valence-electron chi connectivity index (χ2n) is 28.2. The van der Waals surface area contributed by atoms with Gasteiger partial charge in [-0.3, -0.25) is 38.7 Å². The topological polar surface area (TPSA) is 511 Å². The van der Waals surface area contributed by atoms with Gasteiger partial charge in [0.25, 0.3) is 15.7 Å². The highest BCUT2D eigenvalue weighted by molar-refractivity contribution is 7.85. The van der Waals surface area contributed by atoms with Crippen molar-refractivity contribution < 1.29 is 129 Å². The lowest BCUT2D eigenvalue weighted by Crippen LogP contribution is -2.53. The van der Waals surface area contributed by atoms with Crippen LogP contribution >= 0.6 is 0 Å². The summed E-state index contributed by atoms with van der Waals surface area (Å²) in [5.41, 5.74) is 4.32. The highest BCUT2D eigenvalue weighted by atomic mass is 32.2. The summed E-state index contributed by atoms with van der Waals surface area (Å²) in [5, 5.41) is 57.6. The molecular weight excluding hydrogens is 1570 g/mol. The Bertz CT molecular complexity index is 4660. The number of aliphatic hydroxyl groups is 2. The zero-order valence-corrected chi connectivity index (χ0v) is 67.6. The number of pyridine rings is 3. The van der Waals surface area contributed by atoms with Crippen molar-refractivity contribution in [3.8, 4) is 22.9 Å². The quantitative estimate of drug-likeness (QED) is 0.0110. The summed E-state index contributed by atoms with van der Waals surface area (Å²) in [4.78, 5) is 131. The molecule has 118 heavy (non-hydrogen) atoms. The number of carbonyl (C=O) groups is 8. The molecule has 0 saturated carbocycles. The van der Waals surface area contributed by atoms with Gasteiger partial charge in [0.2, 0.25) is 41.4 Å². The summed E-state index contributed by atoms with van der Waals surface area (Å²) >= 11 is 0. The number of carboxylic acids is 1. The molecule has 39 nitrogen and oxygen atoms in total. The van der Waals surface area contributed by atoms with Crippen molar-refractivity contribution in [3.05, 3.63) is 111 Å². The van der Waals surface area contributed by atoms with E-state index in [2.05, 4.69) is 37.0 Å². The van der Waals surface area contributed by atoms with Crippen LogP contribution in [0.2, 0.25) is 0 Å². The molecule has 5 amide bonds. The number of phenolic OH excluding ortho intramolecular Hbond substituents is 1. The average Bonchev–Trinajstić information content (AvgIpc) is 1.45. The van der Waals surface area contributed by atoms with Crippen molar-refractivity contribution >= 4 is 85.2 Å². The van der Waals surface area contributed by atoms with Gasteiger partial charge in [-0.25, -0.2) is 29.4 Å². The Morgan fingerprint density at radius 2 is 1.37 bits per heavy atom. The van der Waals surface area contributed by atoms with Crippen LogP contribution in [0, 0.1) is 5.92 Å². The molecule has 8 atom stereocenters. The van der Waals surface area contributed by atoms with Crippen molar-refractivity contribution in [2.75, 3.05) is 137 Å². The number of fused-ring (bicyclic) bond motifs is 6. The molecular formula is C78H105N11O28S. The lowest BCUT2D eigenvalue weighted by molar-refractivity contribution is -0.228. The molecule has 3 aliphatic heterocycles. The van der Waals surface area contributed by atoms with E-state index in [9.17, 15) is 76.5 Å². The van der Waals surface area contributed by atoms with Gasteiger partial charge in [-0.05, 0) is 92.9 Å². The predicted octanol–water partition coefficient (Wildman–Crippen LogP) is 1.11. The van der Waals surface area contributed by atoms with Gasteiger partial charge in [0.05, 0.1) is 147 Å².